The lowest BCUT2D eigenvalue weighted by molar-refractivity contribution is -0.140. The summed E-state index contributed by atoms with van der Waals surface area (Å²) in [7, 11) is 0. The maximum atomic E-state index is 13.5. The molecule has 0 aliphatic carbocycles. The molecule has 32 heavy (non-hydrogen) atoms. The van der Waals surface area contributed by atoms with E-state index < -0.39 is 41.9 Å². The van der Waals surface area contributed by atoms with E-state index in [1.54, 1.807) is 13.0 Å². The lowest BCUT2D eigenvalue weighted by Crippen LogP contribution is -2.28. The molecular formula is C23H19F5N2O2. The van der Waals surface area contributed by atoms with Crippen molar-refractivity contribution in [1.82, 2.24) is 10.3 Å². The van der Waals surface area contributed by atoms with Crippen LogP contribution in [0.3, 0.4) is 0 Å². The lowest BCUT2D eigenvalue weighted by atomic mass is 10.0. The minimum absolute atomic E-state index is 0.0555. The number of nitrogens with one attached hydrogen (secondary N) is 1. The van der Waals surface area contributed by atoms with Crippen LogP contribution in [0.2, 0.25) is 0 Å². The molecule has 1 atom stereocenters. The van der Waals surface area contributed by atoms with Crippen molar-refractivity contribution in [3.05, 3.63) is 88.1 Å². The molecule has 3 rings (SSSR count). The van der Waals surface area contributed by atoms with Crippen molar-refractivity contribution in [2.75, 3.05) is 0 Å². The van der Waals surface area contributed by atoms with E-state index in [-0.39, 0.29) is 11.3 Å². The Bertz CT molecular complexity index is 1160. The molecule has 0 bridgehead atoms. The molecule has 2 aromatic carbocycles. The Kier molecular flexibility index (Phi) is 6.59. The molecular weight excluding hydrogens is 431 g/mol. The molecule has 0 radical (unpaired) electrons. The molecule has 1 amide bonds. The number of aliphatic hydroxyl groups is 1. The van der Waals surface area contributed by atoms with Gasteiger partial charge in [-0.1, -0.05) is 6.07 Å². The van der Waals surface area contributed by atoms with Gasteiger partial charge in [0, 0.05) is 5.56 Å². The van der Waals surface area contributed by atoms with Gasteiger partial charge in [-0.25, -0.2) is 13.8 Å². The van der Waals surface area contributed by atoms with Gasteiger partial charge in [-0.05, 0) is 73.0 Å². The highest BCUT2D eigenvalue weighted by molar-refractivity contribution is 5.93. The molecule has 1 aromatic heterocycles. The maximum Gasteiger partial charge on any atom is 0.419 e. The van der Waals surface area contributed by atoms with Crippen molar-refractivity contribution in [2.45, 2.75) is 32.7 Å². The van der Waals surface area contributed by atoms with Crippen molar-refractivity contribution in [3.8, 4) is 11.3 Å². The monoisotopic (exact) mass is 450 g/mol. The summed E-state index contributed by atoms with van der Waals surface area (Å²) >= 11 is 0. The van der Waals surface area contributed by atoms with E-state index in [1.807, 2.05) is 0 Å². The zero-order valence-electron chi connectivity index (χ0n) is 17.1. The van der Waals surface area contributed by atoms with Gasteiger partial charge in [-0.2, -0.15) is 13.2 Å². The molecule has 1 heterocycles. The van der Waals surface area contributed by atoms with Crippen molar-refractivity contribution >= 4 is 5.91 Å². The third-order valence-corrected chi connectivity index (χ3v) is 4.91. The molecule has 0 fully saturated rings. The summed E-state index contributed by atoms with van der Waals surface area (Å²) in [5.41, 5.74) is 0.368. The Morgan fingerprint density at radius 1 is 1.09 bits per heavy atom. The molecule has 0 aliphatic heterocycles. The molecule has 168 valence electrons. The third kappa shape index (κ3) is 5.11. The number of aliphatic hydroxyl groups excluding tert-OH is 1. The fourth-order valence-corrected chi connectivity index (χ4v) is 3.23. The van der Waals surface area contributed by atoms with Gasteiger partial charge in [0.1, 0.15) is 17.3 Å². The number of carbonyl (C=O) groups is 1. The first-order chi connectivity index (χ1) is 15.0. The van der Waals surface area contributed by atoms with E-state index >= 15 is 0 Å². The van der Waals surface area contributed by atoms with Gasteiger partial charge in [0.15, 0.2) is 0 Å². The van der Waals surface area contributed by atoms with E-state index in [0.29, 0.717) is 34.5 Å². The Labute approximate surface area is 180 Å². The zero-order valence-corrected chi connectivity index (χ0v) is 17.1. The van der Waals surface area contributed by atoms with Crippen LogP contribution in [0.25, 0.3) is 11.3 Å². The second-order valence-corrected chi connectivity index (χ2v) is 7.30. The predicted molar refractivity (Wildman–Crippen MR) is 108 cm³/mol. The Morgan fingerprint density at radius 3 is 2.44 bits per heavy atom. The summed E-state index contributed by atoms with van der Waals surface area (Å²) in [6.07, 6.45) is -4.87. The number of hydrogen-bond acceptors (Lipinski definition) is 3. The number of rotatable bonds is 5. The number of carbonyl (C=O) groups excluding carboxylic acids is 1. The highest BCUT2D eigenvalue weighted by atomic mass is 19.4. The number of nitrogens with zero attached hydrogens (tertiary/aromatic N) is 1. The normalized spacial score (nSPS) is 12.5. The Balaban J connectivity index is 1.91. The smallest absolute Gasteiger partial charge is 0.392 e. The van der Waals surface area contributed by atoms with Gasteiger partial charge in [-0.15, -0.1) is 0 Å². The standard InChI is InChI=1S/C23H19F5N2O2/c1-12-7-16(24)4-5-17(12)20-8-14(11-31)9-21(30-20)22(32)29-13(2)15-3-6-19(25)18(10-15)23(26,27)28/h3-10,13,31H,11H2,1-2H3,(H,29,32). The first-order valence-electron chi connectivity index (χ1n) is 9.55. The Hall–Kier alpha value is -3.33. The summed E-state index contributed by atoms with van der Waals surface area (Å²) in [6.45, 7) is 2.73. The average Bonchev–Trinajstić information content (AvgIpc) is 2.72. The van der Waals surface area contributed by atoms with Crippen LogP contribution in [0, 0.1) is 18.6 Å². The molecule has 4 nitrogen and oxygen atoms in total. The van der Waals surface area contributed by atoms with Crippen molar-refractivity contribution in [2.24, 2.45) is 0 Å². The van der Waals surface area contributed by atoms with Crippen LogP contribution in [0.1, 0.15) is 45.7 Å². The molecule has 2 N–H and O–H groups in total. The third-order valence-electron chi connectivity index (χ3n) is 4.91. The zero-order chi connectivity index (χ0) is 23.6. The van der Waals surface area contributed by atoms with E-state index in [2.05, 4.69) is 10.3 Å². The van der Waals surface area contributed by atoms with Crippen LogP contribution in [0.15, 0.2) is 48.5 Å². The minimum Gasteiger partial charge on any atom is -0.392 e. The van der Waals surface area contributed by atoms with Crippen LogP contribution in [-0.2, 0) is 12.8 Å². The van der Waals surface area contributed by atoms with Gasteiger partial charge in [0.2, 0.25) is 0 Å². The predicted octanol–water partition coefficient (Wildman–Crippen LogP) is 5.34. The fraction of sp³-hybridized carbons (Fsp3) is 0.217. The maximum absolute atomic E-state index is 13.5. The van der Waals surface area contributed by atoms with E-state index in [9.17, 15) is 31.9 Å². The van der Waals surface area contributed by atoms with E-state index in [4.69, 9.17) is 0 Å². The topological polar surface area (TPSA) is 62.2 Å². The van der Waals surface area contributed by atoms with Gasteiger partial charge in [0.05, 0.1) is 23.9 Å². The van der Waals surface area contributed by atoms with Crippen LogP contribution in [-0.4, -0.2) is 16.0 Å². The molecule has 1 unspecified atom stereocenters. The average molecular weight is 450 g/mol. The number of halogens is 5. The Morgan fingerprint density at radius 2 is 1.81 bits per heavy atom. The second kappa shape index (κ2) is 9.04. The van der Waals surface area contributed by atoms with Crippen LogP contribution in [0.4, 0.5) is 22.0 Å². The highest BCUT2D eigenvalue weighted by Crippen LogP contribution is 2.33. The quantitative estimate of drug-likeness (QED) is 0.516. The summed E-state index contributed by atoms with van der Waals surface area (Å²) in [4.78, 5) is 17.0. The second-order valence-electron chi connectivity index (χ2n) is 7.30. The van der Waals surface area contributed by atoms with Crippen molar-refractivity contribution in [3.63, 3.8) is 0 Å². The van der Waals surface area contributed by atoms with E-state index in [1.165, 1.54) is 31.2 Å². The SMILES string of the molecule is Cc1cc(F)ccc1-c1cc(CO)cc(C(=O)NC(C)c2ccc(F)c(C(F)(F)F)c2)n1. The molecule has 3 aromatic rings. The number of hydrogen-bond donors (Lipinski definition) is 2. The number of pyridine rings is 1. The number of alkyl halides is 3. The van der Waals surface area contributed by atoms with E-state index in [0.717, 1.165) is 6.07 Å². The molecule has 9 heteroatoms. The van der Waals surface area contributed by atoms with Crippen molar-refractivity contribution < 1.29 is 31.9 Å². The lowest BCUT2D eigenvalue weighted by Gasteiger charge is -2.17. The number of aromatic nitrogens is 1. The van der Waals surface area contributed by atoms with Gasteiger partial charge in [0.25, 0.3) is 5.91 Å². The molecule has 0 saturated heterocycles. The molecule has 0 spiro atoms. The van der Waals surface area contributed by atoms with Crippen LogP contribution < -0.4 is 5.32 Å². The summed E-state index contributed by atoms with van der Waals surface area (Å²) in [6, 6.07) is 8.54. The summed E-state index contributed by atoms with van der Waals surface area (Å²) < 4.78 is 65.9. The molecule has 0 aliphatic rings. The van der Waals surface area contributed by atoms with Gasteiger partial charge in [-0.3, -0.25) is 4.79 Å². The highest BCUT2D eigenvalue weighted by Gasteiger charge is 2.34. The first kappa shape index (κ1) is 23.3. The van der Waals surface area contributed by atoms with Gasteiger partial charge < -0.3 is 10.4 Å². The van der Waals surface area contributed by atoms with Crippen LogP contribution >= 0.6 is 0 Å². The number of benzene rings is 2. The number of amides is 1. The largest absolute Gasteiger partial charge is 0.419 e. The van der Waals surface area contributed by atoms with Gasteiger partial charge >= 0.3 is 6.18 Å². The minimum atomic E-state index is -4.87. The molecule has 0 saturated carbocycles. The summed E-state index contributed by atoms with van der Waals surface area (Å²) in [5.74, 6) is -2.54. The number of aryl methyl sites for hydroxylation is 1. The van der Waals surface area contributed by atoms with Crippen molar-refractivity contribution in [1.29, 1.82) is 0 Å². The summed E-state index contributed by atoms with van der Waals surface area (Å²) in [5, 5.41) is 12.1. The fourth-order valence-electron chi connectivity index (χ4n) is 3.23. The van der Waals surface area contributed by atoms with Crippen LogP contribution in [0.5, 0.6) is 0 Å². The first-order valence-corrected chi connectivity index (χ1v) is 9.55.